The lowest BCUT2D eigenvalue weighted by Crippen LogP contribution is -2.79. The molecule has 0 aliphatic heterocycles. The lowest BCUT2D eigenvalue weighted by Gasteiger charge is -2.48. The molecule has 12 heteroatoms. The summed E-state index contributed by atoms with van der Waals surface area (Å²) >= 11 is 0. The van der Waals surface area contributed by atoms with Gasteiger partial charge in [-0.05, 0) is 20.8 Å². The number of halogens is 9. The highest BCUT2D eigenvalue weighted by Gasteiger charge is 2.91. The second-order valence-electron chi connectivity index (χ2n) is 6.23. The Morgan fingerprint density at radius 2 is 1.26 bits per heavy atom. The lowest BCUT2D eigenvalue weighted by atomic mass is 9.80. The van der Waals surface area contributed by atoms with Crippen molar-refractivity contribution >= 4 is 6.03 Å². The molecule has 0 aromatic carbocycles. The maximum atomic E-state index is 14.1. The molecule has 23 heavy (non-hydrogen) atoms. The van der Waals surface area contributed by atoms with Gasteiger partial charge in [0.05, 0.1) is 6.42 Å². The van der Waals surface area contributed by atoms with Gasteiger partial charge in [0.2, 0.25) is 0 Å². The van der Waals surface area contributed by atoms with Crippen LogP contribution in [0, 0.1) is 0 Å². The number of hydrogen-bond acceptors (Lipinski definition) is 1. The fraction of sp³-hybridized carbons (Fsp3) is 0.909. The van der Waals surface area contributed by atoms with Gasteiger partial charge in [-0.25, -0.2) is 9.18 Å². The van der Waals surface area contributed by atoms with Crippen LogP contribution in [-0.4, -0.2) is 41.1 Å². The van der Waals surface area contributed by atoms with Crippen LogP contribution in [0.3, 0.4) is 0 Å². The molecule has 0 saturated heterocycles. The minimum absolute atomic E-state index is 0.631. The van der Waals surface area contributed by atoms with Gasteiger partial charge in [-0.3, -0.25) is 0 Å². The average molecular weight is 360 g/mol. The molecule has 3 nitrogen and oxygen atoms in total. The van der Waals surface area contributed by atoms with E-state index in [1.807, 2.05) is 0 Å². The first-order valence-electron chi connectivity index (χ1n) is 6.11. The second-order valence-corrected chi connectivity index (χ2v) is 6.23. The molecule has 1 atom stereocenters. The van der Waals surface area contributed by atoms with Crippen molar-refractivity contribution in [1.29, 1.82) is 0 Å². The van der Waals surface area contributed by atoms with Gasteiger partial charge in [0.15, 0.2) is 0 Å². The molecule has 0 radical (unpaired) electrons. The van der Waals surface area contributed by atoms with Crippen LogP contribution in [0.5, 0.6) is 0 Å². The van der Waals surface area contributed by atoms with Crippen molar-refractivity contribution in [3.63, 3.8) is 0 Å². The summed E-state index contributed by atoms with van der Waals surface area (Å²) in [7, 11) is 0. The van der Waals surface area contributed by atoms with Crippen LogP contribution in [0.2, 0.25) is 0 Å². The number of hydrogen-bond donors (Lipinski definition) is 2. The Balaban J connectivity index is 3.28. The number of urea groups is 1. The lowest BCUT2D eigenvalue weighted by molar-refractivity contribution is -0.427. The van der Waals surface area contributed by atoms with Crippen LogP contribution in [0.15, 0.2) is 0 Å². The van der Waals surface area contributed by atoms with E-state index in [0.29, 0.717) is 5.32 Å². The molecule has 0 heterocycles. The van der Waals surface area contributed by atoms with Crippen LogP contribution in [0.4, 0.5) is 44.3 Å². The Morgan fingerprint density at radius 1 is 0.826 bits per heavy atom. The Kier molecular flexibility index (Phi) is 4.13. The zero-order chi connectivity index (χ0) is 18.7. The standard InChI is InChI=1S/C11H13F9N2O/c1-6(2,3)21-5(23)22-8(14)4-7(12,13)9(15,16)11(19,20)10(8,17)18/h4H2,1-3H3,(H2,21,22,23). The monoisotopic (exact) mass is 360 g/mol. The highest BCUT2D eigenvalue weighted by Crippen LogP contribution is 2.63. The SMILES string of the molecule is CC(C)(C)NC(=O)NC1(F)CC(F)(F)C(F)(F)C(F)(F)C1(F)F. The minimum atomic E-state index is -6.73. The number of carbonyl (C=O) groups is 1. The summed E-state index contributed by atoms with van der Waals surface area (Å²) in [5.74, 6) is -30.4. The Bertz CT molecular complexity index is 500. The number of alkyl halides is 9. The molecule has 1 saturated carbocycles. The summed E-state index contributed by atoms with van der Waals surface area (Å²) in [5.41, 5.74) is -1.17. The summed E-state index contributed by atoms with van der Waals surface area (Å²) < 4.78 is 119. The van der Waals surface area contributed by atoms with Gasteiger partial charge in [-0.1, -0.05) is 0 Å². The van der Waals surface area contributed by atoms with Crippen LogP contribution < -0.4 is 10.6 Å². The van der Waals surface area contributed by atoms with E-state index in [0.717, 1.165) is 0 Å². The van der Waals surface area contributed by atoms with E-state index in [9.17, 15) is 44.3 Å². The number of carbonyl (C=O) groups excluding carboxylic acids is 1. The van der Waals surface area contributed by atoms with Crippen LogP contribution in [-0.2, 0) is 0 Å². The normalized spacial score (nSPS) is 31.3. The Morgan fingerprint density at radius 3 is 1.65 bits per heavy atom. The summed E-state index contributed by atoms with van der Waals surface area (Å²) in [6, 6.07) is -1.84. The molecule has 1 aliphatic carbocycles. The van der Waals surface area contributed by atoms with E-state index >= 15 is 0 Å². The third kappa shape index (κ3) is 2.80. The molecule has 136 valence electrons. The predicted molar refractivity (Wildman–Crippen MR) is 59.7 cm³/mol. The summed E-state index contributed by atoms with van der Waals surface area (Å²) in [6.07, 6.45) is -3.02. The maximum Gasteiger partial charge on any atom is 0.383 e. The molecule has 0 bridgehead atoms. The molecule has 2 amide bonds. The predicted octanol–water partition coefficient (Wildman–Crippen LogP) is 3.69. The van der Waals surface area contributed by atoms with Gasteiger partial charge in [-0.15, -0.1) is 0 Å². The van der Waals surface area contributed by atoms with Gasteiger partial charge >= 0.3 is 29.7 Å². The third-order valence-electron chi connectivity index (χ3n) is 3.01. The largest absolute Gasteiger partial charge is 0.383 e. The first kappa shape index (κ1) is 19.7. The van der Waals surface area contributed by atoms with Crippen molar-refractivity contribution in [3.05, 3.63) is 0 Å². The molecule has 1 rings (SSSR count). The third-order valence-corrected chi connectivity index (χ3v) is 3.01. The fourth-order valence-electron chi connectivity index (χ4n) is 1.88. The highest BCUT2D eigenvalue weighted by atomic mass is 19.4. The highest BCUT2D eigenvalue weighted by molar-refractivity contribution is 5.75. The zero-order valence-electron chi connectivity index (χ0n) is 12.0. The van der Waals surface area contributed by atoms with Crippen LogP contribution >= 0.6 is 0 Å². The molecular formula is C11H13F9N2O. The van der Waals surface area contributed by atoms with Crippen LogP contribution in [0.1, 0.15) is 27.2 Å². The first-order chi connectivity index (χ1) is 9.81. The number of nitrogens with one attached hydrogen (secondary N) is 2. The average Bonchev–Trinajstić information content (AvgIpc) is 2.22. The van der Waals surface area contributed by atoms with E-state index in [4.69, 9.17) is 0 Å². The van der Waals surface area contributed by atoms with Gasteiger partial charge in [0.25, 0.3) is 5.79 Å². The fourth-order valence-corrected chi connectivity index (χ4v) is 1.88. The molecule has 1 fully saturated rings. The molecule has 1 unspecified atom stereocenters. The molecule has 2 N–H and O–H groups in total. The van der Waals surface area contributed by atoms with Crippen molar-refractivity contribution in [2.24, 2.45) is 0 Å². The van der Waals surface area contributed by atoms with Crippen molar-refractivity contribution in [1.82, 2.24) is 10.6 Å². The quantitative estimate of drug-likeness (QED) is 0.544. The number of amides is 2. The Labute approximate surface area is 124 Å². The molecule has 0 aromatic heterocycles. The zero-order valence-corrected chi connectivity index (χ0v) is 12.0. The van der Waals surface area contributed by atoms with Crippen molar-refractivity contribution in [2.75, 3.05) is 0 Å². The van der Waals surface area contributed by atoms with E-state index in [2.05, 4.69) is 0 Å². The van der Waals surface area contributed by atoms with E-state index in [-0.39, 0.29) is 0 Å². The van der Waals surface area contributed by atoms with Gasteiger partial charge < -0.3 is 10.6 Å². The first-order valence-corrected chi connectivity index (χ1v) is 6.11. The second kappa shape index (κ2) is 4.82. The van der Waals surface area contributed by atoms with Crippen molar-refractivity contribution in [2.45, 2.75) is 62.2 Å². The van der Waals surface area contributed by atoms with Gasteiger partial charge in [0.1, 0.15) is 0 Å². The van der Waals surface area contributed by atoms with E-state index in [1.165, 1.54) is 20.8 Å². The van der Waals surface area contributed by atoms with Crippen molar-refractivity contribution < 1.29 is 44.3 Å². The summed E-state index contributed by atoms with van der Waals surface area (Å²) in [4.78, 5) is 11.3. The Hall–Kier alpha value is -1.36. The maximum absolute atomic E-state index is 14.1. The topological polar surface area (TPSA) is 41.1 Å². The van der Waals surface area contributed by atoms with E-state index < -0.39 is 47.5 Å². The molecule has 1 aliphatic rings. The van der Waals surface area contributed by atoms with E-state index in [1.54, 1.807) is 5.32 Å². The summed E-state index contributed by atoms with van der Waals surface area (Å²) in [6.45, 7) is 3.86. The molecular weight excluding hydrogens is 347 g/mol. The van der Waals surface area contributed by atoms with Gasteiger partial charge in [0, 0.05) is 5.54 Å². The smallest absolute Gasteiger partial charge is 0.333 e. The van der Waals surface area contributed by atoms with Crippen molar-refractivity contribution in [3.8, 4) is 0 Å². The number of rotatable bonds is 1. The van der Waals surface area contributed by atoms with Gasteiger partial charge in [-0.2, -0.15) is 35.1 Å². The summed E-state index contributed by atoms with van der Waals surface area (Å²) in [5, 5.41) is 2.44. The minimum Gasteiger partial charge on any atom is -0.333 e. The molecule has 0 spiro atoms. The molecule has 0 aromatic rings. The van der Waals surface area contributed by atoms with Crippen LogP contribution in [0.25, 0.3) is 0 Å².